The predicted molar refractivity (Wildman–Crippen MR) is 84.9 cm³/mol. The third-order valence-electron chi connectivity index (χ3n) is 5.20. The zero-order chi connectivity index (χ0) is 14.4. The van der Waals surface area contributed by atoms with Gasteiger partial charge in [0.15, 0.2) is 0 Å². The Labute approximate surface area is 123 Å². The highest BCUT2D eigenvalue weighted by Gasteiger charge is 2.40. The highest BCUT2D eigenvalue weighted by atomic mass is 16.1. The molecule has 1 aromatic carbocycles. The topological polar surface area (TPSA) is 17.1 Å². The van der Waals surface area contributed by atoms with Crippen LogP contribution in [-0.4, -0.2) is 5.78 Å². The van der Waals surface area contributed by atoms with Gasteiger partial charge in [0.25, 0.3) is 0 Å². The molecule has 0 unspecified atom stereocenters. The van der Waals surface area contributed by atoms with Crippen molar-refractivity contribution in [3.8, 4) is 0 Å². The molecule has 110 valence electrons. The lowest BCUT2D eigenvalue weighted by atomic mass is 9.65. The molecule has 0 radical (unpaired) electrons. The molecule has 0 amide bonds. The van der Waals surface area contributed by atoms with E-state index in [0.29, 0.717) is 11.7 Å². The van der Waals surface area contributed by atoms with E-state index in [0.717, 1.165) is 32.1 Å². The van der Waals surface area contributed by atoms with E-state index in [1.165, 1.54) is 24.8 Å². The Balaban J connectivity index is 2.25. The van der Waals surface area contributed by atoms with Gasteiger partial charge in [-0.3, -0.25) is 4.79 Å². The van der Waals surface area contributed by atoms with Crippen molar-refractivity contribution in [1.82, 2.24) is 0 Å². The van der Waals surface area contributed by atoms with E-state index in [-0.39, 0.29) is 5.41 Å². The lowest BCUT2D eigenvalue weighted by Gasteiger charge is -2.37. The first-order valence-corrected chi connectivity index (χ1v) is 8.31. The highest BCUT2D eigenvalue weighted by Crippen LogP contribution is 2.41. The van der Waals surface area contributed by atoms with Gasteiger partial charge in [0.1, 0.15) is 5.78 Å². The Morgan fingerprint density at radius 1 is 1.05 bits per heavy atom. The fraction of sp³-hybridized carbons (Fsp3) is 0.632. The molecule has 0 N–H and O–H groups in total. The Bertz CT molecular complexity index is 411. The summed E-state index contributed by atoms with van der Waals surface area (Å²) in [5, 5.41) is 0. The second-order valence-corrected chi connectivity index (χ2v) is 6.32. The van der Waals surface area contributed by atoms with Gasteiger partial charge in [0.05, 0.1) is 5.41 Å². The summed E-state index contributed by atoms with van der Waals surface area (Å²) in [6.07, 6.45) is 8.79. The zero-order valence-electron chi connectivity index (χ0n) is 13.0. The predicted octanol–water partition coefficient (Wildman–Crippen LogP) is 5.28. The molecule has 0 saturated heterocycles. The van der Waals surface area contributed by atoms with Crippen LogP contribution in [0.3, 0.4) is 0 Å². The standard InChI is InChI=1S/C19H28O/c1-3-16(4-2)15-18(20)19(13-9-6-10-14-19)17-11-7-5-8-12-17/h5,7-8,11-12,16H,3-4,6,9-10,13-15H2,1-2H3. The van der Waals surface area contributed by atoms with Gasteiger partial charge >= 0.3 is 0 Å². The summed E-state index contributed by atoms with van der Waals surface area (Å²) in [6, 6.07) is 10.5. The normalized spacial score (nSPS) is 18.1. The third kappa shape index (κ3) is 3.13. The monoisotopic (exact) mass is 272 g/mol. The van der Waals surface area contributed by atoms with Crippen LogP contribution in [-0.2, 0) is 10.2 Å². The van der Waals surface area contributed by atoms with E-state index in [1.807, 2.05) is 6.07 Å². The van der Waals surface area contributed by atoms with Crippen molar-refractivity contribution in [2.45, 2.75) is 70.6 Å². The maximum atomic E-state index is 13.0. The number of ketones is 1. The van der Waals surface area contributed by atoms with Gasteiger partial charge in [0, 0.05) is 6.42 Å². The SMILES string of the molecule is CCC(CC)CC(=O)C1(c2ccccc2)CCCCC1. The van der Waals surface area contributed by atoms with Crippen molar-refractivity contribution < 1.29 is 4.79 Å². The van der Waals surface area contributed by atoms with Crippen LogP contribution in [0.4, 0.5) is 0 Å². The van der Waals surface area contributed by atoms with E-state index in [4.69, 9.17) is 0 Å². The largest absolute Gasteiger partial charge is 0.299 e. The van der Waals surface area contributed by atoms with Crippen molar-refractivity contribution in [3.05, 3.63) is 35.9 Å². The van der Waals surface area contributed by atoms with Gasteiger partial charge in [-0.15, -0.1) is 0 Å². The molecule has 0 bridgehead atoms. The first-order valence-electron chi connectivity index (χ1n) is 8.31. The van der Waals surface area contributed by atoms with Crippen molar-refractivity contribution >= 4 is 5.78 Å². The van der Waals surface area contributed by atoms with Crippen LogP contribution in [0.5, 0.6) is 0 Å². The molecule has 0 heterocycles. The quantitative estimate of drug-likeness (QED) is 0.688. The molecule has 1 heteroatoms. The highest BCUT2D eigenvalue weighted by molar-refractivity contribution is 5.90. The molecular weight excluding hydrogens is 244 g/mol. The maximum Gasteiger partial charge on any atom is 0.143 e. The molecule has 1 nitrogen and oxygen atoms in total. The molecule has 1 aliphatic rings. The van der Waals surface area contributed by atoms with Gasteiger partial charge in [-0.1, -0.05) is 76.3 Å². The summed E-state index contributed by atoms with van der Waals surface area (Å²) in [7, 11) is 0. The molecule has 2 rings (SSSR count). The summed E-state index contributed by atoms with van der Waals surface area (Å²) < 4.78 is 0. The van der Waals surface area contributed by atoms with E-state index < -0.39 is 0 Å². The maximum absolute atomic E-state index is 13.0. The minimum Gasteiger partial charge on any atom is -0.299 e. The number of Topliss-reactive ketones (excluding diaryl/α,β-unsaturated/α-hetero) is 1. The number of carbonyl (C=O) groups excluding carboxylic acids is 1. The summed E-state index contributed by atoms with van der Waals surface area (Å²) >= 11 is 0. The summed E-state index contributed by atoms with van der Waals surface area (Å²) in [6.45, 7) is 4.41. The van der Waals surface area contributed by atoms with Crippen molar-refractivity contribution in [1.29, 1.82) is 0 Å². The Hall–Kier alpha value is -1.11. The Morgan fingerprint density at radius 2 is 1.65 bits per heavy atom. The molecule has 0 spiro atoms. The number of carbonyl (C=O) groups is 1. The van der Waals surface area contributed by atoms with Crippen molar-refractivity contribution in [3.63, 3.8) is 0 Å². The van der Waals surface area contributed by atoms with Gasteiger partial charge < -0.3 is 0 Å². The van der Waals surface area contributed by atoms with Crippen LogP contribution >= 0.6 is 0 Å². The molecule has 0 aromatic heterocycles. The average Bonchev–Trinajstić information content (AvgIpc) is 2.53. The molecule has 20 heavy (non-hydrogen) atoms. The fourth-order valence-electron chi connectivity index (χ4n) is 3.68. The average molecular weight is 272 g/mol. The number of hydrogen-bond donors (Lipinski definition) is 0. The van der Waals surface area contributed by atoms with Crippen LogP contribution in [0.25, 0.3) is 0 Å². The zero-order valence-corrected chi connectivity index (χ0v) is 13.0. The van der Waals surface area contributed by atoms with Gasteiger partial charge in [-0.05, 0) is 24.3 Å². The molecule has 0 aliphatic heterocycles. The summed E-state index contributed by atoms with van der Waals surface area (Å²) in [5.74, 6) is 1.06. The number of hydrogen-bond acceptors (Lipinski definition) is 1. The van der Waals surface area contributed by atoms with Crippen molar-refractivity contribution in [2.75, 3.05) is 0 Å². The van der Waals surface area contributed by atoms with Crippen LogP contribution in [0.15, 0.2) is 30.3 Å². The number of benzene rings is 1. The lowest BCUT2D eigenvalue weighted by molar-refractivity contribution is -0.126. The second kappa shape index (κ2) is 7.06. The molecule has 0 atom stereocenters. The van der Waals surface area contributed by atoms with Gasteiger partial charge in [-0.25, -0.2) is 0 Å². The third-order valence-corrected chi connectivity index (χ3v) is 5.20. The molecule has 1 aromatic rings. The van der Waals surface area contributed by atoms with E-state index in [1.54, 1.807) is 0 Å². The van der Waals surface area contributed by atoms with E-state index >= 15 is 0 Å². The fourth-order valence-corrected chi connectivity index (χ4v) is 3.68. The van der Waals surface area contributed by atoms with Gasteiger partial charge in [-0.2, -0.15) is 0 Å². The Morgan fingerprint density at radius 3 is 2.20 bits per heavy atom. The minimum atomic E-state index is -0.178. The first kappa shape index (κ1) is 15.3. The van der Waals surface area contributed by atoms with Crippen LogP contribution in [0.1, 0.15) is 70.8 Å². The number of rotatable bonds is 6. The Kier molecular flexibility index (Phi) is 5.39. The van der Waals surface area contributed by atoms with Crippen LogP contribution in [0, 0.1) is 5.92 Å². The minimum absolute atomic E-state index is 0.178. The first-order chi connectivity index (χ1) is 9.73. The molecule has 1 saturated carbocycles. The van der Waals surface area contributed by atoms with E-state index in [2.05, 4.69) is 38.1 Å². The summed E-state index contributed by atoms with van der Waals surface area (Å²) in [4.78, 5) is 13.0. The second-order valence-electron chi connectivity index (χ2n) is 6.32. The molecule has 1 aliphatic carbocycles. The van der Waals surface area contributed by atoms with Crippen molar-refractivity contribution in [2.24, 2.45) is 5.92 Å². The lowest BCUT2D eigenvalue weighted by Crippen LogP contribution is -2.38. The van der Waals surface area contributed by atoms with Crippen LogP contribution in [0.2, 0.25) is 0 Å². The molecule has 1 fully saturated rings. The van der Waals surface area contributed by atoms with E-state index in [9.17, 15) is 4.79 Å². The molecular formula is C19H28O. The summed E-state index contributed by atoms with van der Waals surface area (Å²) in [5.41, 5.74) is 1.08. The van der Waals surface area contributed by atoms with Crippen LogP contribution < -0.4 is 0 Å². The smallest absolute Gasteiger partial charge is 0.143 e. The van der Waals surface area contributed by atoms with Gasteiger partial charge in [0.2, 0.25) is 0 Å².